The van der Waals surface area contributed by atoms with Gasteiger partial charge in [-0.3, -0.25) is 0 Å². The summed E-state index contributed by atoms with van der Waals surface area (Å²) in [6.07, 6.45) is 7.06. The average molecular weight is 261 g/mol. The predicted octanol–water partition coefficient (Wildman–Crippen LogP) is 3.78. The summed E-state index contributed by atoms with van der Waals surface area (Å²) in [5.41, 5.74) is 0.949. The molecule has 4 nitrogen and oxygen atoms in total. The molecule has 0 aliphatic heterocycles. The van der Waals surface area contributed by atoms with Crippen LogP contribution in [0.3, 0.4) is 0 Å². The molecule has 0 aliphatic carbocycles. The maximum absolute atomic E-state index is 11.7. The highest BCUT2D eigenvalue weighted by Gasteiger charge is 2.06. The summed E-state index contributed by atoms with van der Waals surface area (Å²) in [6.45, 7) is 2.62. The summed E-state index contributed by atoms with van der Waals surface area (Å²) in [5.74, 6) is -0.336. The van der Waals surface area contributed by atoms with E-state index in [1.807, 2.05) is 0 Å². The highest BCUT2D eigenvalue weighted by Crippen LogP contribution is 2.13. The number of nitrogens with zero attached hydrogens (tertiary/aromatic N) is 1. The van der Waals surface area contributed by atoms with E-state index in [1.165, 1.54) is 25.3 Å². The lowest BCUT2D eigenvalue weighted by molar-refractivity contribution is 0.0497. The Balaban J connectivity index is 2.31. The zero-order chi connectivity index (χ0) is 13.9. The maximum atomic E-state index is 11.7. The third-order valence-corrected chi connectivity index (χ3v) is 2.76. The molecule has 0 spiro atoms. The van der Waals surface area contributed by atoms with E-state index in [-0.39, 0.29) is 5.97 Å². The summed E-state index contributed by atoms with van der Waals surface area (Å²) in [6, 6.07) is 6.36. The zero-order valence-electron chi connectivity index (χ0n) is 11.2. The number of carbonyl (C=O) groups excluding carboxylic acids is 2. The van der Waals surface area contributed by atoms with Gasteiger partial charge in [0.1, 0.15) is 0 Å². The van der Waals surface area contributed by atoms with Crippen molar-refractivity contribution in [2.24, 2.45) is 4.99 Å². The van der Waals surface area contributed by atoms with Crippen LogP contribution < -0.4 is 0 Å². The lowest BCUT2D eigenvalue weighted by atomic mass is 10.2. The van der Waals surface area contributed by atoms with Crippen LogP contribution in [0.15, 0.2) is 29.3 Å². The van der Waals surface area contributed by atoms with E-state index in [1.54, 1.807) is 24.3 Å². The number of hydrogen-bond acceptors (Lipinski definition) is 4. The van der Waals surface area contributed by atoms with Crippen LogP contribution in [0.25, 0.3) is 0 Å². The fourth-order valence-electron chi connectivity index (χ4n) is 1.68. The van der Waals surface area contributed by atoms with Crippen LogP contribution in [-0.4, -0.2) is 18.7 Å². The lowest BCUT2D eigenvalue weighted by Crippen LogP contribution is -2.06. The summed E-state index contributed by atoms with van der Waals surface area (Å²) in [4.78, 5) is 25.2. The minimum absolute atomic E-state index is 0.336. The van der Waals surface area contributed by atoms with Crippen LogP contribution in [0.5, 0.6) is 0 Å². The molecule has 0 unspecified atom stereocenters. The van der Waals surface area contributed by atoms with Gasteiger partial charge in [0.2, 0.25) is 6.08 Å². The van der Waals surface area contributed by atoms with E-state index in [2.05, 4.69) is 11.9 Å². The topological polar surface area (TPSA) is 55.7 Å². The molecule has 4 heteroatoms. The predicted molar refractivity (Wildman–Crippen MR) is 73.3 cm³/mol. The number of esters is 1. The number of hydrogen-bond donors (Lipinski definition) is 0. The first kappa shape index (κ1) is 15.1. The molecular formula is C15H19NO3. The molecule has 1 rings (SSSR count). The smallest absolute Gasteiger partial charge is 0.338 e. The first-order chi connectivity index (χ1) is 9.27. The van der Waals surface area contributed by atoms with Crippen molar-refractivity contribution in [1.82, 2.24) is 0 Å². The molecule has 0 radical (unpaired) electrons. The fraction of sp³-hybridized carbons (Fsp3) is 0.467. The standard InChI is InChI=1S/C15H19NO3/c1-2-3-4-5-6-11-19-15(18)13-7-9-14(10-8-13)16-12-17/h7-10H,2-6,11H2,1H3. The van der Waals surface area contributed by atoms with E-state index in [4.69, 9.17) is 4.74 Å². The Morgan fingerprint density at radius 1 is 1.16 bits per heavy atom. The molecule has 0 saturated carbocycles. The SMILES string of the molecule is CCCCCCCOC(=O)c1ccc(N=C=O)cc1. The minimum atomic E-state index is -0.336. The summed E-state index contributed by atoms with van der Waals surface area (Å²) in [7, 11) is 0. The van der Waals surface area contributed by atoms with E-state index in [0.717, 1.165) is 12.8 Å². The molecule has 0 heterocycles. The highest BCUT2D eigenvalue weighted by atomic mass is 16.5. The van der Waals surface area contributed by atoms with Crippen LogP contribution in [0.2, 0.25) is 0 Å². The quantitative estimate of drug-likeness (QED) is 0.310. The third-order valence-electron chi connectivity index (χ3n) is 2.76. The summed E-state index contributed by atoms with van der Waals surface area (Å²) < 4.78 is 5.16. The van der Waals surface area contributed by atoms with Crippen molar-refractivity contribution in [1.29, 1.82) is 0 Å². The van der Waals surface area contributed by atoms with Gasteiger partial charge in [0.25, 0.3) is 0 Å². The van der Waals surface area contributed by atoms with E-state index < -0.39 is 0 Å². The number of rotatable bonds is 8. The van der Waals surface area contributed by atoms with Crippen LogP contribution in [0.4, 0.5) is 5.69 Å². The largest absolute Gasteiger partial charge is 0.462 e. The first-order valence-corrected chi connectivity index (χ1v) is 6.63. The summed E-state index contributed by atoms with van der Waals surface area (Å²) in [5, 5.41) is 0. The van der Waals surface area contributed by atoms with Gasteiger partial charge in [-0.15, -0.1) is 0 Å². The first-order valence-electron chi connectivity index (χ1n) is 6.63. The lowest BCUT2D eigenvalue weighted by Gasteiger charge is -2.04. The number of carbonyl (C=O) groups is 1. The van der Waals surface area contributed by atoms with Crippen molar-refractivity contribution in [3.8, 4) is 0 Å². The molecule has 0 N–H and O–H groups in total. The van der Waals surface area contributed by atoms with Gasteiger partial charge in [-0.1, -0.05) is 32.6 Å². The Hall–Kier alpha value is -1.93. The maximum Gasteiger partial charge on any atom is 0.338 e. The van der Waals surface area contributed by atoms with Crippen molar-refractivity contribution in [3.63, 3.8) is 0 Å². The number of aliphatic imine (C=N–C) groups is 1. The Morgan fingerprint density at radius 2 is 1.84 bits per heavy atom. The van der Waals surface area contributed by atoms with Crippen molar-refractivity contribution in [2.45, 2.75) is 39.0 Å². The Bertz CT molecular complexity index is 433. The molecule has 0 atom stereocenters. The van der Waals surface area contributed by atoms with Crippen molar-refractivity contribution < 1.29 is 14.3 Å². The highest BCUT2D eigenvalue weighted by molar-refractivity contribution is 5.89. The van der Waals surface area contributed by atoms with E-state index in [0.29, 0.717) is 17.9 Å². The molecular weight excluding hydrogens is 242 g/mol. The van der Waals surface area contributed by atoms with Crippen LogP contribution in [0.1, 0.15) is 49.4 Å². The normalized spacial score (nSPS) is 9.74. The second-order valence-corrected chi connectivity index (χ2v) is 4.30. The van der Waals surface area contributed by atoms with Crippen molar-refractivity contribution in [3.05, 3.63) is 29.8 Å². The molecule has 1 aromatic rings. The Kier molecular flexibility index (Phi) is 7.21. The molecule has 0 aliphatic rings. The van der Waals surface area contributed by atoms with Crippen LogP contribution >= 0.6 is 0 Å². The molecule has 0 saturated heterocycles. The van der Waals surface area contributed by atoms with Crippen LogP contribution in [0, 0.1) is 0 Å². The van der Waals surface area contributed by atoms with Crippen molar-refractivity contribution in [2.75, 3.05) is 6.61 Å². The van der Waals surface area contributed by atoms with Crippen LogP contribution in [-0.2, 0) is 9.53 Å². The summed E-state index contributed by atoms with van der Waals surface area (Å²) >= 11 is 0. The Labute approximate surface area is 113 Å². The Morgan fingerprint density at radius 3 is 2.47 bits per heavy atom. The van der Waals surface area contributed by atoms with Gasteiger partial charge >= 0.3 is 5.97 Å². The van der Waals surface area contributed by atoms with E-state index >= 15 is 0 Å². The molecule has 0 amide bonds. The van der Waals surface area contributed by atoms with E-state index in [9.17, 15) is 9.59 Å². The number of unbranched alkanes of at least 4 members (excludes halogenated alkanes) is 4. The second kappa shape index (κ2) is 9.06. The third kappa shape index (κ3) is 5.98. The average Bonchev–Trinajstić information content (AvgIpc) is 2.43. The minimum Gasteiger partial charge on any atom is -0.462 e. The zero-order valence-corrected chi connectivity index (χ0v) is 11.2. The van der Waals surface area contributed by atoms with Gasteiger partial charge in [0.15, 0.2) is 0 Å². The van der Waals surface area contributed by atoms with Gasteiger partial charge in [0, 0.05) is 0 Å². The molecule has 1 aromatic carbocycles. The van der Waals surface area contributed by atoms with Gasteiger partial charge in [-0.05, 0) is 30.7 Å². The number of benzene rings is 1. The molecule has 0 fully saturated rings. The monoisotopic (exact) mass is 261 g/mol. The molecule has 102 valence electrons. The molecule has 19 heavy (non-hydrogen) atoms. The fourth-order valence-corrected chi connectivity index (χ4v) is 1.68. The van der Waals surface area contributed by atoms with Gasteiger partial charge in [0.05, 0.1) is 17.9 Å². The molecule has 0 bridgehead atoms. The number of ether oxygens (including phenoxy) is 1. The van der Waals surface area contributed by atoms with Gasteiger partial charge in [-0.2, -0.15) is 4.99 Å². The number of isocyanates is 1. The van der Waals surface area contributed by atoms with Crippen molar-refractivity contribution >= 4 is 17.7 Å². The second-order valence-electron chi connectivity index (χ2n) is 4.30. The van der Waals surface area contributed by atoms with Gasteiger partial charge in [-0.25, -0.2) is 9.59 Å². The molecule has 0 aromatic heterocycles. The van der Waals surface area contributed by atoms with Gasteiger partial charge < -0.3 is 4.74 Å².